The Hall–Kier alpha value is -4.11. The number of fused-ring (bicyclic) bond motifs is 1. The molecule has 1 aliphatic heterocycles. The number of anilines is 1. The number of benzene rings is 1. The van der Waals surface area contributed by atoms with Crippen LogP contribution in [0.5, 0.6) is 0 Å². The van der Waals surface area contributed by atoms with Crippen LogP contribution in [0.4, 0.5) is 5.95 Å². The van der Waals surface area contributed by atoms with Crippen LogP contribution in [0.1, 0.15) is 16.6 Å². The van der Waals surface area contributed by atoms with Crippen molar-refractivity contribution in [1.82, 2.24) is 29.9 Å². The third kappa shape index (κ3) is 3.50. The Labute approximate surface area is 199 Å². The average molecular weight is 466 g/mol. The number of H-pyrrole nitrogens is 1. The van der Waals surface area contributed by atoms with Crippen LogP contribution < -0.4 is 4.90 Å². The molecular formula is C25H19N7OS. The minimum absolute atomic E-state index is 0.0374. The third-order valence-corrected chi connectivity index (χ3v) is 7.03. The van der Waals surface area contributed by atoms with E-state index in [9.17, 15) is 4.79 Å². The molecule has 166 valence electrons. The summed E-state index contributed by atoms with van der Waals surface area (Å²) in [5, 5.41) is 0.795. The molecule has 0 spiro atoms. The number of hydrogen-bond acceptors (Lipinski definition) is 7. The van der Waals surface area contributed by atoms with Crippen molar-refractivity contribution in [2.24, 2.45) is 0 Å². The van der Waals surface area contributed by atoms with E-state index in [4.69, 9.17) is 9.97 Å². The van der Waals surface area contributed by atoms with Gasteiger partial charge in [0.2, 0.25) is 11.9 Å². The number of aromatic nitrogens is 6. The highest BCUT2D eigenvalue weighted by molar-refractivity contribution is 8.00. The predicted octanol–water partition coefficient (Wildman–Crippen LogP) is 4.56. The van der Waals surface area contributed by atoms with Gasteiger partial charge in [-0.2, -0.15) is 0 Å². The molecule has 1 aromatic carbocycles. The molecule has 1 fully saturated rings. The van der Waals surface area contributed by atoms with Crippen LogP contribution in [-0.2, 0) is 4.79 Å². The van der Waals surface area contributed by atoms with Crippen LogP contribution in [-0.4, -0.2) is 41.6 Å². The number of hydrogen-bond donors (Lipinski definition) is 1. The summed E-state index contributed by atoms with van der Waals surface area (Å²) in [7, 11) is 0. The predicted molar refractivity (Wildman–Crippen MR) is 132 cm³/mol. The number of nitrogens with one attached hydrogen (secondary N) is 1. The molecule has 0 bridgehead atoms. The fraction of sp³-hybridized carbons (Fsp3) is 0.120. The van der Waals surface area contributed by atoms with Gasteiger partial charge in [0.15, 0.2) is 0 Å². The fourth-order valence-corrected chi connectivity index (χ4v) is 5.40. The maximum Gasteiger partial charge on any atom is 0.240 e. The Balaban J connectivity index is 1.55. The van der Waals surface area contributed by atoms with E-state index >= 15 is 0 Å². The van der Waals surface area contributed by atoms with Crippen LogP contribution in [0, 0.1) is 6.92 Å². The summed E-state index contributed by atoms with van der Waals surface area (Å²) in [6, 6.07) is 13.9. The van der Waals surface area contributed by atoms with Crippen molar-refractivity contribution in [1.29, 1.82) is 0 Å². The number of carbonyl (C=O) groups is 1. The fourth-order valence-electron chi connectivity index (χ4n) is 4.17. The highest BCUT2D eigenvalue weighted by atomic mass is 32.2. The largest absolute Gasteiger partial charge is 0.360 e. The quantitative estimate of drug-likeness (QED) is 0.415. The first-order valence-electron chi connectivity index (χ1n) is 10.7. The van der Waals surface area contributed by atoms with Gasteiger partial charge in [-0.15, -0.1) is 11.8 Å². The van der Waals surface area contributed by atoms with Crippen LogP contribution in [0.25, 0.3) is 33.4 Å². The lowest BCUT2D eigenvalue weighted by molar-refractivity contribution is -0.115. The van der Waals surface area contributed by atoms with Gasteiger partial charge in [-0.1, -0.05) is 24.3 Å². The van der Waals surface area contributed by atoms with Gasteiger partial charge in [0.25, 0.3) is 0 Å². The first-order chi connectivity index (χ1) is 16.7. The van der Waals surface area contributed by atoms with Crippen molar-refractivity contribution in [3.63, 3.8) is 0 Å². The van der Waals surface area contributed by atoms with Gasteiger partial charge in [0.1, 0.15) is 11.7 Å². The van der Waals surface area contributed by atoms with E-state index in [0.717, 1.165) is 33.3 Å². The number of rotatable bonds is 4. The molecule has 9 heteroatoms. The molecule has 5 aromatic rings. The minimum Gasteiger partial charge on any atom is -0.360 e. The molecule has 1 unspecified atom stereocenters. The molecule has 1 aliphatic rings. The molecule has 8 nitrogen and oxygen atoms in total. The van der Waals surface area contributed by atoms with Gasteiger partial charge in [-0.3, -0.25) is 14.7 Å². The van der Waals surface area contributed by atoms with Crippen molar-refractivity contribution in [3.05, 3.63) is 84.8 Å². The van der Waals surface area contributed by atoms with Crippen LogP contribution >= 0.6 is 11.8 Å². The van der Waals surface area contributed by atoms with E-state index in [1.54, 1.807) is 35.3 Å². The molecule has 1 amide bonds. The maximum absolute atomic E-state index is 13.1. The Morgan fingerprint density at radius 2 is 1.88 bits per heavy atom. The molecule has 0 aliphatic carbocycles. The van der Waals surface area contributed by atoms with Crippen molar-refractivity contribution in [2.45, 2.75) is 12.3 Å². The van der Waals surface area contributed by atoms with Gasteiger partial charge in [-0.05, 0) is 25.1 Å². The Morgan fingerprint density at radius 1 is 1.06 bits per heavy atom. The van der Waals surface area contributed by atoms with Gasteiger partial charge in [0, 0.05) is 58.1 Å². The van der Waals surface area contributed by atoms with Gasteiger partial charge < -0.3 is 4.98 Å². The minimum atomic E-state index is -0.251. The Kier molecular flexibility index (Phi) is 5.03. The summed E-state index contributed by atoms with van der Waals surface area (Å²) >= 11 is 1.55. The first kappa shape index (κ1) is 20.5. The van der Waals surface area contributed by atoms with E-state index in [2.05, 4.69) is 19.9 Å². The molecule has 6 rings (SSSR count). The van der Waals surface area contributed by atoms with E-state index in [-0.39, 0.29) is 11.3 Å². The lowest BCUT2D eigenvalue weighted by Crippen LogP contribution is -2.30. The molecule has 34 heavy (non-hydrogen) atoms. The third-order valence-electron chi connectivity index (χ3n) is 5.83. The second-order valence-electron chi connectivity index (χ2n) is 7.92. The van der Waals surface area contributed by atoms with Crippen molar-refractivity contribution in [2.75, 3.05) is 10.7 Å². The molecule has 4 aromatic heterocycles. The summed E-state index contributed by atoms with van der Waals surface area (Å²) in [5.41, 5.74) is 5.92. The zero-order chi connectivity index (χ0) is 23.1. The summed E-state index contributed by atoms with van der Waals surface area (Å²) in [6.07, 6.45) is 8.59. The number of aromatic amines is 1. The van der Waals surface area contributed by atoms with E-state index in [1.165, 1.54) is 6.33 Å². The smallest absolute Gasteiger partial charge is 0.240 e. The zero-order valence-electron chi connectivity index (χ0n) is 18.2. The van der Waals surface area contributed by atoms with E-state index < -0.39 is 0 Å². The number of thioether (sulfide) groups is 1. The maximum atomic E-state index is 13.1. The summed E-state index contributed by atoms with van der Waals surface area (Å²) in [5.74, 6) is 0.665. The second-order valence-corrected chi connectivity index (χ2v) is 8.99. The lowest BCUT2D eigenvalue weighted by atomic mass is 10.1. The highest BCUT2D eigenvalue weighted by Gasteiger charge is 2.37. The molecule has 1 N–H and O–H groups in total. The van der Waals surface area contributed by atoms with Crippen LogP contribution in [0.15, 0.2) is 73.6 Å². The summed E-state index contributed by atoms with van der Waals surface area (Å²) in [4.78, 5) is 40.5. The average Bonchev–Trinajstić information content (AvgIpc) is 3.48. The Morgan fingerprint density at radius 3 is 2.74 bits per heavy atom. The molecular weight excluding hydrogens is 446 g/mol. The van der Waals surface area contributed by atoms with E-state index in [0.29, 0.717) is 23.1 Å². The number of aryl methyl sites for hydroxylation is 1. The highest BCUT2D eigenvalue weighted by Crippen LogP contribution is 2.42. The number of carbonyl (C=O) groups excluding carboxylic acids is 1. The summed E-state index contributed by atoms with van der Waals surface area (Å²) in [6.45, 7) is 1.95. The number of amides is 1. The Bertz CT molecular complexity index is 1520. The van der Waals surface area contributed by atoms with Gasteiger partial charge in [-0.25, -0.2) is 19.9 Å². The van der Waals surface area contributed by atoms with Gasteiger partial charge in [0.05, 0.1) is 17.1 Å². The molecule has 5 heterocycles. The van der Waals surface area contributed by atoms with Crippen molar-refractivity contribution in [3.8, 4) is 22.5 Å². The van der Waals surface area contributed by atoms with Crippen LogP contribution in [0.3, 0.4) is 0 Å². The van der Waals surface area contributed by atoms with Gasteiger partial charge >= 0.3 is 0 Å². The monoisotopic (exact) mass is 465 g/mol. The van der Waals surface area contributed by atoms with Crippen molar-refractivity contribution < 1.29 is 4.79 Å². The zero-order valence-corrected chi connectivity index (χ0v) is 19.0. The molecule has 0 saturated carbocycles. The second kappa shape index (κ2) is 8.35. The number of pyridine rings is 1. The number of nitrogens with zero attached hydrogens (tertiary/aromatic N) is 6. The normalized spacial score (nSPS) is 15.9. The first-order valence-corrected chi connectivity index (χ1v) is 11.8. The van der Waals surface area contributed by atoms with Crippen molar-refractivity contribution >= 4 is 34.5 Å². The molecule has 1 atom stereocenters. The van der Waals surface area contributed by atoms with E-state index in [1.807, 2.05) is 55.6 Å². The topological polar surface area (TPSA) is 101 Å². The summed E-state index contributed by atoms with van der Waals surface area (Å²) < 4.78 is 0. The number of para-hydroxylation sites is 1. The standard InChI is InChI=1S/C25H19N7OS/c1-15-17(6-4-8-28-15)24-32(23(33)13-34-24)25-30-21(16-10-26-14-27-11-16)9-22(31-25)19-12-29-20-7-3-2-5-18(19)20/h2-12,14,24,29H,13H2,1H3. The van der Waals surface area contributed by atoms with Crippen LogP contribution in [0.2, 0.25) is 0 Å². The SMILES string of the molecule is Cc1ncccc1C1SCC(=O)N1c1nc(-c2cncnc2)cc(-c2c[nH]c3ccccc23)n1. The molecule has 1 saturated heterocycles. The lowest BCUT2D eigenvalue weighted by Gasteiger charge is -2.24. The molecule has 0 radical (unpaired) electrons.